The highest BCUT2D eigenvalue weighted by atomic mass is 32.1. The molecule has 3 N–H and O–H groups in total. The van der Waals surface area contributed by atoms with E-state index in [-0.39, 0.29) is 24.6 Å². The molecule has 1 aromatic carbocycles. The number of hydrogen-bond acceptors (Lipinski definition) is 9. The minimum atomic E-state index is -1.02. The number of thiophene rings is 1. The number of nitrogens with one attached hydrogen (secondary N) is 2. The van der Waals surface area contributed by atoms with Gasteiger partial charge in [0.25, 0.3) is 0 Å². The lowest BCUT2D eigenvalue weighted by atomic mass is 10.1. The van der Waals surface area contributed by atoms with Crippen LogP contribution in [0.4, 0.5) is 10.6 Å². The Hall–Kier alpha value is -3.62. The molecule has 4 heterocycles. The molecule has 2 fully saturated rings. The molecule has 5 atom stereocenters. The Kier molecular flexibility index (Phi) is 7.81. The van der Waals surface area contributed by atoms with Crippen molar-refractivity contribution in [2.24, 2.45) is 0 Å². The number of carboxylic acids is 1. The van der Waals surface area contributed by atoms with Gasteiger partial charge in [-0.2, -0.15) is 4.98 Å². The van der Waals surface area contributed by atoms with E-state index >= 15 is 0 Å². The number of carboxylic acid groups (broad SMARTS) is 1. The maximum Gasteiger partial charge on any atom is 0.351 e. The number of urea groups is 1. The van der Waals surface area contributed by atoms with Crippen molar-refractivity contribution >= 4 is 29.2 Å². The topological polar surface area (TPSA) is 150 Å². The molecule has 0 radical (unpaired) electrons. The Labute approximate surface area is 221 Å². The van der Waals surface area contributed by atoms with Crippen molar-refractivity contribution in [1.82, 2.24) is 14.9 Å². The maximum absolute atomic E-state index is 12.9. The first-order chi connectivity index (χ1) is 18.4. The smallest absolute Gasteiger partial charge is 0.351 e. The van der Waals surface area contributed by atoms with Crippen LogP contribution in [-0.4, -0.2) is 58.1 Å². The van der Waals surface area contributed by atoms with Gasteiger partial charge < -0.3 is 29.4 Å². The first-order valence-electron chi connectivity index (χ1n) is 12.0. The van der Waals surface area contributed by atoms with Gasteiger partial charge in [-0.3, -0.25) is 9.88 Å². The quantitative estimate of drug-likeness (QED) is 0.371. The second-order valence-electron chi connectivity index (χ2n) is 8.57. The highest BCUT2D eigenvalue weighted by molar-refractivity contribution is 7.10. The van der Waals surface area contributed by atoms with E-state index in [2.05, 4.69) is 15.6 Å². The van der Waals surface area contributed by atoms with Crippen LogP contribution in [0.1, 0.15) is 40.2 Å². The molecule has 2 aliphatic heterocycles. The number of nitrogens with zero attached hydrogens (tertiary/aromatic N) is 2. The molecule has 13 heteroatoms. The first-order valence-corrected chi connectivity index (χ1v) is 12.9. The second kappa shape index (κ2) is 11.4. The first kappa shape index (κ1) is 26.0. The molecule has 2 amide bonds. The van der Waals surface area contributed by atoms with Gasteiger partial charge in [-0.1, -0.05) is 30.3 Å². The number of ether oxygens (including phenoxy) is 4. The molecule has 2 aromatic heterocycles. The summed E-state index contributed by atoms with van der Waals surface area (Å²) >= 11 is 1.29. The van der Waals surface area contributed by atoms with E-state index in [0.29, 0.717) is 11.4 Å². The molecule has 0 spiro atoms. The number of anilines is 1. The predicted molar refractivity (Wildman–Crippen MR) is 135 cm³/mol. The molecule has 38 heavy (non-hydrogen) atoms. The van der Waals surface area contributed by atoms with E-state index in [0.717, 1.165) is 5.56 Å². The van der Waals surface area contributed by atoms with Gasteiger partial charge in [0, 0.05) is 23.2 Å². The molecule has 0 bridgehead atoms. The standard InChI is InChI=1S/C25H26N4O8S/c1-2-26-24(32)27-18-8-10-29(25(33)28-18)21-20-19(36-23(37-20)14-6-4-3-5-7-14)16(35-21)12-34-13-17-15(22(30)31)9-11-38-17/h3-11,16,19-21,23H,2,12-13H2,1H3,(H,30,31)(H2,26,27,28,32,33)/t16-,19?,20+,21-,23+/m1/s1. The fourth-order valence-electron chi connectivity index (χ4n) is 4.37. The third-order valence-corrected chi connectivity index (χ3v) is 6.99. The summed E-state index contributed by atoms with van der Waals surface area (Å²) in [5.74, 6) is -0.917. The monoisotopic (exact) mass is 542 g/mol. The number of aromatic carboxylic acids is 1. The van der Waals surface area contributed by atoms with Crippen molar-refractivity contribution in [1.29, 1.82) is 0 Å². The van der Waals surface area contributed by atoms with Crippen molar-refractivity contribution in [2.75, 3.05) is 18.5 Å². The zero-order chi connectivity index (χ0) is 26.6. The summed E-state index contributed by atoms with van der Waals surface area (Å²) in [6.45, 7) is 2.37. The summed E-state index contributed by atoms with van der Waals surface area (Å²) in [6.07, 6.45) is -1.87. The number of rotatable bonds is 9. The van der Waals surface area contributed by atoms with Crippen LogP contribution in [0.2, 0.25) is 0 Å². The van der Waals surface area contributed by atoms with Gasteiger partial charge in [-0.25, -0.2) is 14.4 Å². The number of aromatic nitrogens is 2. The van der Waals surface area contributed by atoms with Gasteiger partial charge in [0.2, 0.25) is 0 Å². The summed E-state index contributed by atoms with van der Waals surface area (Å²) in [7, 11) is 0. The fraction of sp³-hybridized carbons (Fsp3) is 0.360. The van der Waals surface area contributed by atoms with E-state index < -0.39 is 48.5 Å². The van der Waals surface area contributed by atoms with Crippen molar-refractivity contribution < 1.29 is 33.6 Å². The number of hydrogen-bond donors (Lipinski definition) is 3. The number of carbonyl (C=O) groups excluding carboxylic acids is 1. The van der Waals surface area contributed by atoms with E-state index in [1.165, 1.54) is 34.2 Å². The van der Waals surface area contributed by atoms with E-state index in [1.54, 1.807) is 12.3 Å². The van der Waals surface area contributed by atoms with Crippen LogP contribution in [0, 0.1) is 0 Å². The van der Waals surface area contributed by atoms with Gasteiger partial charge in [0.1, 0.15) is 24.1 Å². The molecule has 200 valence electrons. The molecular formula is C25H26N4O8S. The maximum atomic E-state index is 12.9. The van der Waals surface area contributed by atoms with Crippen LogP contribution in [0.3, 0.4) is 0 Å². The van der Waals surface area contributed by atoms with Crippen LogP contribution in [0.15, 0.2) is 58.8 Å². The molecule has 0 aliphatic carbocycles. The number of carbonyl (C=O) groups is 2. The minimum absolute atomic E-state index is 0.0818. The third kappa shape index (κ3) is 5.47. The lowest BCUT2D eigenvalue weighted by Gasteiger charge is -2.21. The summed E-state index contributed by atoms with van der Waals surface area (Å²) in [4.78, 5) is 40.6. The zero-order valence-electron chi connectivity index (χ0n) is 20.3. The Balaban J connectivity index is 1.34. The molecule has 5 rings (SSSR count). The number of fused-ring (bicyclic) bond motifs is 1. The van der Waals surface area contributed by atoms with E-state index in [1.807, 2.05) is 30.3 Å². The van der Waals surface area contributed by atoms with Crippen molar-refractivity contribution in [3.05, 3.63) is 80.5 Å². The van der Waals surface area contributed by atoms with Gasteiger partial charge in [-0.15, -0.1) is 11.3 Å². The lowest BCUT2D eigenvalue weighted by Crippen LogP contribution is -2.35. The molecule has 2 aliphatic rings. The van der Waals surface area contributed by atoms with E-state index in [4.69, 9.17) is 18.9 Å². The second-order valence-corrected chi connectivity index (χ2v) is 9.57. The van der Waals surface area contributed by atoms with Crippen molar-refractivity contribution in [3.8, 4) is 0 Å². The highest BCUT2D eigenvalue weighted by Crippen LogP contribution is 2.43. The SMILES string of the molecule is CCNC(=O)Nc1ccn([C@@H]2O[C@H](COCc3sccc3C(=O)O)C3O[C@H](c4ccccc4)O[C@@H]32)c(=O)n1. The highest BCUT2D eigenvalue weighted by Gasteiger charge is 2.54. The lowest BCUT2D eigenvalue weighted by molar-refractivity contribution is -0.159. The fourth-order valence-corrected chi connectivity index (χ4v) is 5.17. The van der Waals surface area contributed by atoms with Crippen LogP contribution < -0.4 is 16.3 Å². The van der Waals surface area contributed by atoms with Crippen LogP contribution in [0.25, 0.3) is 0 Å². The van der Waals surface area contributed by atoms with Crippen molar-refractivity contribution in [2.45, 2.75) is 44.4 Å². The van der Waals surface area contributed by atoms with Gasteiger partial charge in [0.15, 0.2) is 12.5 Å². The van der Waals surface area contributed by atoms with Gasteiger partial charge in [-0.05, 0) is 24.4 Å². The Bertz CT molecular complexity index is 1350. The van der Waals surface area contributed by atoms with E-state index in [9.17, 15) is 19.5 Å². The number of amides is 2. The molecule has 3 aromatic rings. The Morgan fingerprint density at radius 2 is 1.92 bits per heavy atom. The minimum Gasteiger partial charge on any atom is -0.478 e. The van der Waals surface area contributed by atoms with Crippen molar-refractivity contribution in [3.63, 3.8) is 0 Å². The molecule has 12 nitrogen and oxygen atoms in total. The largest absolute Gasteiger partial charge is 0.478 e. The van der Waals surface area contributed by atoms with Crippen LogP contribution in [-0.2, 0) is 25.6 Å². The molecule has 1 unspecified atom stereocenters. The summed E-state index contributed by atoms with van der Waals surface area (Å²) in [6, 6.07) is 12.0. The summed E-state index contributed by atoms with van der Waals surface area (Å²) < 4.78 is 25.7. The normalized spacial score (nSPS) is 24.2. The predicted octanol–water partition coefficient (Wildman–Crippen LogP) is 2.74. The third-order valence-electron chi connectivity index (χ3n) is 6.09. The van der Waals surface area contributed by atoms with Gasteiger partial charge in [0.05, 0.1) is 18.8 Å². The zero-order valence-corrected chi connectivity index (χ0v) is 21.1. The van der Waals surface area contributed by atoms with Crippen LogP contribution >= 0.6 is 11.3 Å². The van der Waals surface area contributed by atoms with Gasteiger partial charge >= 0.3 is 17.7 Å². The molecule has 0 saturated carbocycles. The summed E-state index contributed by atoms with van der Waals surface area (Å²) in [5, 5.41) is 16.1. The Morgan fingerprint density at radius 1 is 1.13 bits per heavy atom. The molecular weight excluding hydrogens is 516 g/mol. The number of benzene rings is 1. The van der Waals surface area contributed by atoms with Crippen LogP contribution in [0.5, 0.6) is 0 Å². The molecule has 2 saturated heterocycles. The Morgan fingerprint density at radius 3 is 2.66 bits per heavy atom. The average Bonchev–Trinajstić information content (AvgIpc) is 3.62. The average molecular weight is 543 g/mol. The summed E-state index contributed by atoms with van der Waals surface area (Å²) in [5.41, 5.74) is 0.375.